The Kier molecular flexibility index (Phi) is 6.76. The van der Waals surface area contributed by atoms with Crippen LogP contribution in [-0.4, -0.2) is 39.9 Å². The van der Waals surface area contributed by atoms with Crippen LogP contribution in [0.4, 0.5) is 0 Å². The molecule has 0 bridgehead atoms. The fourth-order valence-corrected chi connectivity index (χ4v) is 1.35. The average molecular weight is 249 g/mol. The standard InChI is InChI=1S/C14H19NO3/c1-4-9-18-13-8-6-5-7-12(13)10-15-11-14(16-2)17-3/h4-8,10,14H,1,9,11H2,2-3H3. The van der Waals surface area contributed by atoms with Crippen LogP contribution in [0.2, 0.25) is 0 Å². The third kappa shape index (κ3) is 4.69. The third-order valence-corrected chi connectivity index (χ3v) is 2.29. The molecule has 0 aromatic heterocycles. The Hall–Kier alpha value is -1.65. The van der Waals surface area contributed by atoms with Gasteiger partial charge in [0.15, 0.2) is 6.29 Å². The molecule has 1 aromatic rings. The highest BCUT2D eigenvalue weighted by atomic mass is 16.7. The molecule has 0 saturated carbocycles. The summed E-state index contributed by atoms with van der Waals surface area (Å²) in [7, 11) is 3.18. The van der Waals surface area contributed by atoms with Gasteiger partial charge in [0.2, 0.25) is 0 Å². The number of methoxy groups -OCH3 is 2. The zero-order chi connectivity index (χ0) is 13.2. The molecule has 18 heavy (non-hydrogen) atoms. The zero-order valence-corrected chi connectivity index (χ0v) is 10.8. The first kappa shape index (κ1) is 14.4. The quantitative estimate of drug-likeness (QED) is 0.403. The summed E-state index contributed by atoms with van der Waals surface area (Å²) in [6.45, 7) is 4.54. The van der Waals surface area contributed by atoms with E-state index in [0.717, 1.165) is 11.3 Å². The van der Waals surface area contributed by atoms with Gasteiger partial charge in [0.05, 0.1) is 6.54 Å². The molecule has 1 rings (SSSR count). The SMILES string of the molecule is C=CCOc1ccccc1C=NCC(OC)OC. The van der Waals surface area contributed by atoms with Gasteiger partial charge in [-0.05, 0) is 12.1 Å². The lowest BCUT2D eigenvalue weighted by Gasteiger charge is -2.10. The fourth-order valence-electron chi connectivity index (χ4n) is 1.35. The van der Waals surface area contributed by atoms with E-state index in [1.165, 1.54) is 0 Å². The van der Waals surface area contributed by atoms with E-state index >= 15 is 0 Å². The Labute approximate surface area is 108 Å². The van der Waals surface area contributed by atoms with Gasteiger partial charge in [0, 0.05) is 26.0 Å². The van der Waals surface area contributed by atoms with Gasteiger partial charge < -0.3 is 14.2 Å². The van der Waals surface area contributed by atoms with Crippen LogP contribution >= 0.6 is 0 Å². The molecular formula is C14H19NO3. The molecule has 0 aliphatic heterocycles. The summed E-state index contributed by atoms with van der Waals surface area (Å²) < 4.78 is 15.6. The summed E-state index contributed by atoms with van der Waals surface area (Å²) in [5, 5.41) is 0. The number of benzene rings is 1. The maximum absolute atomic E-state index is 5.52. The smallest absolute Gasteiger partial charge is 0.176 e. The number of aliphatic imine (C=N–C) groups is 1. The van der Waals surface area contributed by atoms with E-state index in [1.54, 1.807) is 26.5 Å². The van der Waals surface area contributed by atoms with E-state index in [-0.39, 0.29) is 6.29 Å². The van der Waals surface area contributed by atoms with Gasteiger partial charge in [-0.1, -0.05) is 24.8 Å². The van der Waals surface area contributed by atoms with Crippen molar-refractivity contribution in [2.75, 3.05) is 27.4 Å². The van der Waals surface area contributed by atoms with Crippen molar-refractivity contribution in [2.24, 2.45) is 4.99 Å². The molecule has 0 aliphatic rings. The molecule has 0 radical (unpaired) electrons. The number of nitrogens with zero attached hydrogens (tertiary/aromatic N) is 1. The van der Waals surface area contributed by atoms with Gasteiger partial charge >= 0.3 is 0 Å². The molecule has 4 heteroatoms. The van der Waals surface area contributed by atoms with E-state index in [4.69, 9.17) is 14.2 Å². The van der Waals surface area contributed by atoms with Gasteiger partial charge in [-0.3, -0.25) is 4.99 Å². The molecule has 0 spiro atoms. The summed E-state index contributed by atoms with van der Waals surface area (Å²) in [4.78, 5) is 4.27. The minimum Gasteiger partial charge on any atom is -0.489 e. The van der Waals surface area contributed by atoms with Crippen LogP contribution < -0.4 is 4.74 Å². The van der Waals surface area contributed by atoms with E-state index in [0.29, 0.717) is 13.2 Å². The molecule has 0 saturated heterocycles. The zero-order valence-electron chi connectivity index (χ0n) is 10.8. The predicted octanol–water partition coefficient (Wildman–Crippen LogP) is 2.29. The summed E-state index contributed by atoms with van der Waals surface area (Å²) >= 11 is 0. The van der Waals surface area contributed by atoms with Crippen LogP contribution in [0.25, 0.3) is 0 Å². The largest absolute Gasteiger partial charge is 0.489 e. The van der Waals surface area contributed by atoms with Gasteiger partial charge in [-0.15, -0.1) is 0 Å². The van der Waals surface area contributed by atoms with E-state index < -0.39 is 0 Å². The monoisotopic (exact) mass is 249 g/mol. The van der Waals surface area contributed by atoms with E-state index in [2.05, 4.69) is 11.6 Å². The number of rotatable bonds is 8. The first-order valence-electron chi connectivity index (χ1n) is 5.70. The lowest BCUT2D eigenvalue weighted by atomic mass is 10.2. The van der Waals surface area contributed by atoms with Crippen LogP contribution in [0.15, 0.2) is 41.9 Å². The molecule has 0 amide bonds. The van der Waals surface area contributed by atoms with Crippen molar-refractivity contribution in [1.82, 2.24) is 0 Å². The molecule has 4 nitrogen and oxygen atoms in total. The molecule has 0 aliphatic carbocycles. The summed E-state index contributed by atoms with van der Waals surface area (Å²) in [5.41, 5.74) is 0.922. The Morgan fingerprint density at radius 3 is 2.67 bits per heavy atom. The lowest BCUT2D eigenvalue weighted by molar-refractivity contribution is -0.0936. The Bertz CT molecular complexity index is 386. The maximum atomic E-state index is 5.52. The summed E-state index contributed by atoms with van der Waals surface area (Å²) in [5.74, 6) is 0.785. The normalized spacial score (nSPS) is 11.1. The molecule has 0 heterocycles. The fraction of sp³-hybridized carbons (Fsp3) is 0.357. The van der Waals surface area contributed by atoms with Crippen molar-refractivity contribution in [3.8, 4) is 5.75 Å². The number of hydrogen-bond acceptors (Lipinski definition) is 4. The maximum Gasteiger partial charge on any atom is 0.176 e. The topological polar surface area (TPSA) is 40.0 Å². The van der Waals surface area contributed by atoms with E-state index in [9.17, 15) is 0 Å². The summed E-state index contributed by atoms with van der Waals surface area (Å²) in [6, 6.07) is 7.70. The number of ether oxygens (including phenoxy) is 3. The highest BCUT2D eigenvalue weighted by Crippen LogP contribution is 2.15. The van der Waals surface area contributed by atoms with Crippen molar-refractivity contribution in [3.05, 3.63) is 42.5 Å². The second-order valence-corrected chi connectivity index (χ2v) is 3.53. The van der Waals surface area contributed by atoms with Crippen LogP contribution in [0, 0.1) is 0 Å². The molecule has 98 valence electrons. The van der Waals surface area contributed by atoms with Gasteiger partial charge in [-0.2, -0.15) is 0 Å². The highest BCUT2D eigenvalue weighted by Gasteiger charge is 2.03. The average Bonchev–Trinajstić information content (AvgIpc) is 2.42. The number of hydrogen-bond donors (Lipinski definition) is 0. The first-order valence-corrected chi connectivity index (χ1v) is 5.70. The van der Waals surface area contributed by atoms with Crippen molar-refractivity contribution < 1.29 is 14.2 Å². The minimum absolute atomic E-state index is 0.317. The third-order valence-electron chi connectivity index (χ3n) is 2.29. The molecule has 1 aromatic carbocycles. The summed E-state index contributed by atoms with van der Waals surface area (Å²) in [6.07, 6.45) is 3.14. The van der Waals surface area contributed by atoms with Gasteiger partial charge in [0.25, 0.3) is 0 Å². The molecule has 0 unspecified atom stereocenters. The highest BCUT2D eigenvalue weighted by molar-refractivity contribution is 5.83. The van der Waals surface area contributed by atoms with Crippen molar-refractivity contribution >= 4 is 6.21 Å². The lowest BCUT2D eigenvalue weighted by Crippen LogP contribution is -2.16. The first-order chi connectivity index (χ1) is 8.81. The predicted molar refractivity (Wildman–Crippen MR) is 72.4 cm³/mol. The van der Waals surface area contributed by atoms with Crippen molar-refractivity contribution in [1.29, 1.82) is 0 Å². The van der Waals surface area contributed by atoms with Crippen LogP contribution in [0.5, 0.6) is 5.75 Å². The Balaban J connectivity index is 2.65. The molecule has 0 N–H and O–H groups in total. The second kappa shape index (κ2) is 8.44. The van der Waals surface area contributed by atoms with E-state index in [1.807, 2.05) is 24.3 Å². The van der Waals surface area contributed by atoms with Gasteiger partial charge in [0.1, 0.15) is 12.4 Å². The van der Waals surface area contributed by atoms with Gasteiger partial charge in [-0.25, -0.2) is 0 Å². The van der Waals surface area contributed by atoms with Crippen molar-refractivity contribution in [2.45, 2.75) is 6.29 Å². The van der Waals surface area contributed by atoms with Crippen LogP contribution in [-0.2, 0) is 9.47 Å². The molecule has 0 fully saturated rings. The number of para-hydroxylation sites is 1. The van der Waals surface area contributed by atoms with Crippen LogP contribution in [0.3, 0.4) is 0 Å². The van der Waals surface area contributed by atoms with Crippen LogP contribution in [0.1, 0.15) is 5.56 Å². The Morgan fingerprint density at radius 1 is 1.28 bits per heavy atom. The second-order valence-electron chi connectivity index (χ2n) is 3.53. The Morgan fingerprint density at radius 2 is 2.00 bits per heavy atom. The molecule has 0 atom stereocenters. The molecular weight excluding hydrogens is 230 g/mol. The van der Waals surface area contributed by atoms with Crippen molar-refractivity contribution in [3.63, 3.8) is 0 Å². The minimum atomic E-state index is -0.317.